The molecule has 3 N–H and O–H groups in total. The van der Waals surface area contributed by atoms with Crippen LogP contribution in [0.2, 0.25) is 0 Å². The number of hydrogen-bond acceptors (Lipinski definition) is 6. The van der Waals surface area contributed by atoms with E-state index in [-0.39, 0.29) is 18.5 Å². The Morgan fingerprint density at radius 1 is 1.53 bits per heavy atom. The number of nitrogens with one attached hydrogen (secondary N) is 1. The zero-order chi connectivity index (χ0) is 12.8. The van der Waals surface area contributed by atoms with Crippen molar-refractivity contribution in [1.82, 2.24) is 15.5 Å². The largest absolute Gasteiger partial charge is 0.406 e. The van der Waals surface area contributed by atoms with Gasteiger partial charge in [-0.25, -0.2) is 0 Å². The van der Waals surface area contributed by atoms with Gasteiger partial charge in [-0.3, -0.25) is 4.79 Å². The van der Waals surface area contributed by atoms with Crippen molar-refractivity contribution in [2.45, 2.75) is 26.8 Å². The van der Waals surface area contributed by atoms with Crippen molar-refractivity contribution in [2.24, 2.45) is 5.73 Å². The fourth-order valence-electron chi connectivity index (χ4n) is 1.28. The molecule has 0 saturated carbocycles. The highest BCUT2D eigenvalue weighted by Gasteiger charge is 2.17. The Morgan fingerprint density at radius 3 is 2.71 bits per heavy atom. The first-order valence-electron chi connectivity index (χ1n) is 5.69. The molecule has 0 saturated heterocycles. The zero-order valence-electron chi connectivity index (χ0n) is 10.4. The van der Waals surface area contributed by atoms with Gasteiger partial charge in [0.1, 0.15) is 6.54 Å². The molecule has 0 aromatic carbocycles. The van der Waals surface area contributed by atoms with Crippen LogP contribution in [0.1, 0.15) is 32.7 Å². The van der Waals surface area contributed by atoms with E-state index in [9.17, 15) is 4.79 Å². The molecule has 0 aliphatic rings. The van der Waals surface area contributed by atoms with Crippen LogP contribution in [0.4, 0.5) is 6.01 Å². The van der Waals surface area contributed by atoms with Gasteiger partial charge in [-0.2, -0.15) is 0 Å². The molecule has 1 atom stereocenters. The van der Waals surface area contributed by atoms with Crippen molar-refractivity contribution in [3.8, 4) is 0 Å². The summed E-state index contributed by atoms with van der Waals surface area (Å²) in [5.41, 5.74) is 5.62. The standard InChI is InChI=1S/C10H19N5O2/c1-4-12-8(16)6-15(5-2)10-14-13-9(17-10)7(3)11/h7H,4-6,11H2,1-3H3,(H,12,16). The Balaban J connectivity index is 2.68. The monoisotopic (exact) mass is 241 g/mol. The molecule has 1 aromatic heterocycles. The number of likely N-dealkylation sites (N-methyl/N-ethyl adjacent to an activating group) is 2. The number of carbonyl (C=O) groups excluding carboxylic acids is 1. The Labute approximate surface area is 100 Å². The Bertz CT molecular complexity index is 363. The van der Waals surface area contributed by atoms with Crippen LogP contribution in [0.5, 0.6) is 0 Å². The molecule has 1 heterocycles. The van der Waals surface area contributed by atoms with Crippen molar-refractivity contribution >= 4 is 11.9 Å². The average molecular weight is 241 g/mol. The first kappa shape index (κ1) is 13.4. The molecule has 7 nitrogen and oxygen atoms in total. The molecule has 7 heteroatoms. The molecule has 0 bridgehead atoms. The maximum absolute atomic E-state index is 11.5. The van der Waals surface area contributed by atoms with Crippen LogP contribution in [0.3, 0.4) is 0 Å². The van der Waals surface area contributed by atoms with E-state index in [4.69, 9.17) is 10.2 Å². The first-order valence-corrected chi connectivity index (χ1v) is 5.69. The van der Waals surface area contributed by atoms with Gasteiger partial charge in [0.2, 0.25) is 11.8 Å². The normalized spacial score (nSPS) is 12.2. The van der Waals surface area contributed by atoms with Crippen LogP contribution in [0, 0.1) is 0 Å². The lowest BCUT2D eigenvalue weighted by Gasteiger charge is -2.16. The molecular formula is C10H19N5O2. The minimum absolute atomic E-state index is 0.0742. The van der Waals surface area contributed by atoms with E-state index in [1.807, 2.05) is 13.8 Å². The summed E-state index contributed by atoms with van der Waals surface area (Å²) in [6.07, 6.45) is 0. The second kappa shape index (κ2) is 6.19. The quantitative estimate of drug-likeness (QED) is 0.730. The predicted octanol–water partition coefficient (Wildman–Crippen LogP) is 0.0517. The summed E-state index contributed by atoms with van der Waals surface area (Å²) in [6, 6.07) is 0.0190. The van der Waals surface area contributed by atoms with Gasteiger partial charge in [-0.1, -0.05) is 5.10 Å². The SMILES string of the molecule is CCNC(=O)CN(CC)c1nnc(C(C)N)o1. The van der Waals surface area contributed by atoms with Gasteiger partial charge in [0.15, 0.2) is 0 Å². The average Bonchev–Trinajstić information content (AvgIpc) is 2.75. The van der Waals surface area contributed by atoms with E-state index in [2.05, 4.69) is 15.5 Å². The maximum atomic E-state index is 11.5. The van der Waals surface area contributed by atoms with Crippen LogP contribution >= 0.6 is 0 Å². The van der Waals surface area contributed by atoms with E-state index in [0.717, 1.165) is 0 Å². The fourth-order valence-corrected chi connectivity index (χ4v) is 1.28. The van der Waals surface area contributed by atoms with E-state index in [1.54, 1.807) is 11.8 Å². The minimum Gasteiger partial charge on any atom is -0.406 e. The molecule has 0 aliphatic heterocycles. The molecule has 0 fully saturated rings. The van der Waals surface area contributed by atoms with Gasteiger partial charge in [-0.05, 0) is 20.8 Å². The molecule has 0 spiro atoms. The van der Waals surface area contributed by atoms with Crippen LogP contribution < -0.4 is 16.0 Å². The van der Waals surface area contributed by atoms with Crippen LogP contribution in [-0.4, -0.2) is 35.7 Å². The molecular weight excluding hydrogens is 222 g/mol. The van der Waals surface area contributed by atoms with Gasteiger partial charge in [0.05, 0.1) is 6.04 Å². The number of nitrogens with zero attached hydrogens (tertiary/aromatic N) is 3. The van der Waals surface area contributed by atoms with Crippen molar-refractivity contribution < 1.29 is 9.21 Å². The summed E-state index contributed by atoms with van der Waals surface area (Å²) in [6.45, 7) is 6.95. The topological polar surface area (TPSA) is 97.3 Å². The molecule has 1 unspecified atom stereocenters. The summed E-state index contributed by atoms with van der Waals surface area (Å²) in [5.74, 6) is 0.296. The first-order chi connectivity index (χ1) is 8.08. The van der Waals surface area contributed by atoms with Gasteiger partial charge in [-0.15, -0.1) is 5.10 Å². The zero-order valence-corrected chi connectivity index (χ0v) is 10.4. The van der Waals surface area contributed by atoms with Gasteiger partial charge in [0, 0.05) is 13.1 Å². The van der Waals surface area contributed by atoms with Crippen molar-refractivity contribution in [3.05, 3.63) is 5.89 Å². The molecule has 1 rings (SSSR count). The summed E-state index contributed by atoms with van der Waals surface area (Å²) in [4.78, 5) is 13.2. The van der Waals surface area contributed by atoms with E-state index in [0.29, 0.717) is 25.0 Å². The molecule has 96 valence electrons. The van der Waals surface area contributed by atoms with Gasteiger partial charge >= 0.3 is 6.01 Å². The highest BCUT2D eigenvalue weighted by Crippen LogP contribution is 2.15. The lowest BCUT2D eigenvalue weighted by molar-refractivity contribution is -0.119. The molecule has 1 amide bonds. The van der Waals surface area contributed by atoms with Gasteiger partial charge < -0.3 is 20.4 Å². The number of rotatable bonds is 6. The molecule has 0 radical (unpaired) electrons. The van der Waals surface area contributed by atoms with E-state index >= 15 is 0 Å². The highest BCUT2D eigenvalue weighted by molar-refractivity contribution is 5.80. The Kier molecular flexibility index (Phi) is 4.89. The molecule has 1 aromatic rings. The predicted molar refractivity (Wildman–Crippen MR) is 63.5 cm³/mol. The van der Waals surface area contributed by atoms with E-state index in [1.165, 1.54) is 0 Å². The van der Waals surface area contributed by atoms with E-state index < -0.39 is 0 Å². The third kappa shape index (κ3) is 3.70. The smallest absolute Gasteiger partial charge is 0.318 e. The molecule has 0 aliphatic carbocycles. The Hall–Kier alpha value is -1.63. The molecule has 17 heavy (non-hydrogen) atoms. The van der Waals surface area contributed by atoms with Crippen molar-refractivity contribution in [2.75, 3.05) is 24.5 Å². The Morgan fingerprint density at radius 2 is 2.24 bits per heavy atom. The van der Waals surface area contributed by atoms with Crippen LogP contribution in [-0.2, 0) is 4.79 Å². The summed E-state index contributed by atoms with van der Waals surface area (Å²) >= 11 is 0. The summed E-state index contributed by atoms with van der Waals surface area (Å²) < 4.78 is 5.38. The third-order valence-corrected chi connectivity index (χ3v) is 2.18. The summed E-state index contributed by atoms with van der Waals surface area (Å²) in [7, 11) is 0. The number of aromatic nitrogens is 2. The van der Waals surface area contributed by atoms with Crippen molar-refractivity contribution in [3.63, 3.8) is 0 Å². The number of nitrogens with two attached hydrogens (primary N) is 1. The van der Waals surface area contributed by atoms with Crippen LogP contribution in [0.25, 0.3) is 0 Å². The van der Waals surface area contributed by atoms with Gasteiger partial charge in [0.25, 0.3) is 0 Å². The second-order valence-corrected chi connectivity index (χ2v) is 3.68. The third-order valence-electron chi connectivity index (χ3n) is 2.18. The number of anilines is 1. The lowest BCUT2D eigenvalue weighted by Crippen LogP contribution is -2.37. The second-order valence-electron chi connectivity index (χ2n) is 3.68. The fraction of sp³-hybridized carbons (Fsp3) is 0.700. The van der Waals surface area contributed by atoms with Crippen molar-refractivity contribution in [1.29, 1.82) is 0 Å². The summed E-state index contributed by atoms with van der Waals surface area (Å²) in [5, 5.41) is 10.4. The number of amides is 1. The highest BCUT2D eigenvalue weighted by atomic mass is 16.4. The maximum Gasteiger partial charge on any atom is 0.318 e. The number of hydrogen-bond donors (Lipinski definition) is 2. The number of carbonyl (C=O) groups is 1. The van der Waals surface area contributed by atoms with Crippen LogP contribution in [0.15, 0.2) is 4.42 Å². The minimum atomic E-state index is -0.306. The lowest BCUT2D eigenvalue weighted by atomic mass is 10.4.